The third-order valence-corrected chi connectivity index (χ3v) is 5.90. The van der Waals surface area contributed by atoms with Gasteiger partial charge in [0, 0.05) is 35.3 Å². The van der Waals surface area contributed by atoms with E-state index in [4.69, 9.17) is 13.9 Å². The molecule has 0 radical (unpaired) electrons. The summed E-state index contributed by atoms with van der Waals surface area (Å²) in [7, 11) is 1.55. The predicted octanol–water partition coefficient (Wildman–Crippen LogP) is 5.03. The Balaban J connectivity index is 1.49. The first-order valence-corrected chi connectivity index (χ1v) is 12.3. The van der Waals surface area contributed by atoms with Crippen molar-refractivity contribution in [1.82, 2.24) is 5.32 Å². The van der Waals surface area contributed by atoms with Crippen molar-refractivity contribution in [3.05, 3.63) is 64.0 Å². The number of aldehydes is 1. The van der Waals surface area contributed by atoms with Gasteiger partial charge in [-0.25, -0.2) is 9.59 Å². The number of nitrogens with one attached hydrogen (secondary N) is 1. The number of aryl methyl sites for hydroxylation is 2. The van der Waals surface area contributed by atoms with Crippen LogP contribution in [0.2, 0.25) is 0 Å². The average Bonchev–Trinajstić information content (AvgIpc) is 2.87. The molecular formula is C28H34N2O6. The molecule has 0 fully saturated rings. The van der Waals surface area contributed by atoms with Crippen LogP contribution in [0.3, 0.4) is 0 Å². The molecule has 0 aliphatic rings. The lowest BCUT2D eigenvalue weighted by Gasteiger charge is -2.21. The van der Waals surface area contributed by atoms with E-state index in [1.807, 2.05) is 19.1 Å². The molecule has 0 bridgehead atoms. The van der Waals surface area contributed by atoms with Crippen molar-refractivity contribution in [3.8, 4) is 11.5 Å². The molecule has 3 aromatic rings. The Morgan fingerprint density at radius 1 is 1.14 bits per heavy atom. The first-order chi connectivity index (χ1) is 17.5. The van der Waals surface area contributed by atoms with Gasteiger partial charge in [0.2, 0.25) is 0 Å². The van der Waals surface area contributed by atoms with Gasteiger partial charge in [0.25, 0.3) is 0 Å². The van der Waals surface area contributed by atoms with Crippen molar-refractivity contribution in [2.75, 3.05) is 31.7 Å². The SMILES string of the molecule is CCCc1c(OCCCCCNC(=O)N(CC=O)c2cccc(OC)c2)ccc2c(C)cc(=O)oc12. The number of benzene rings is 2. The zero-order chi connectivity index (χ0) is 25.9. The number of anilines is 1. The summed E-state index contributed by atoms with van der Waals surface area (Å²) in [5, 5.41) is 3.80. The summed E-state index contributed by atoms with van der Waals surface area (Å²) in [4.78, 5) is 37.0. The fourth-order valence-corrected chi connectivity index (χ4v) is 4.08. The van der Waals surface area contributed by atoms with Crippen molar-refractivity contribution in [1.29, 1.82) is 0 Å². The normalized spacial score (nSPS) is 10.8. The minimum Gasteiger partial charge on any atom is -0.497 e. The average molecular weight is 495 g/mol. The molecule has 0 saturated heterocycles. The van der Waals surface area contributed by atoms with Crippen LogP contribution in [0.4, 0.5) is 10.5 Å². The lowest BCUT2D eigenvalue weighted by atomic mass is 10.0. The molecule has 36 heavy (non-hydrogen) atoms. The van der Waals surface area contributed by atoms with E-state index in [-0.39, 0.29) is 18.2 Å². The van der Waals surface area contributed by atoms with E-state index >= 15 is 0 Å². The van der Waals surface area contributed by atoms with E-state index in [0.29, 0.717) is 36.5 Å². The highest BCUT2D eigenvalue weighted by molar-refractivity contribution is 5.94. The molecule has 0 saturated carbocycles. The molecule has 1 aromatic heterocycles. The third kappa shape index (κ3) is 6.87. The van der Waals surface area contributed by atoms with Crippen molar-refractivity contribution in [3.63, 3.8) is 0 Å². The molecule has 1 N–H and O–H groups in total. The first-order valence-electron chi connectivity index (χ1n) is 12.3. The van der Waals surface area contributed by atoms with E-state index in [9.17, 15) is 14.4 Å². The maximum atomic E-state index is 12.6. The van der Waals surface area contributed by atoms with E-state index in [0.717, 1.165) is 54.4 Å². The van der Waals surface area contributed by atoms with E-state index < -0.39 is 0 Å². The van der Waals surface area contributed by atoms with Crippen LogP contribution in [0.5, 0.6) is 11.5 Å². The molecule has 1 heterocycles. The molecule has 0 atom stereocenters. The molecule has 8 nitrogen and oxygen atoms in total. The second-order valence-corrected chi connectivity index (χ2v) is 8.54. The van der Waals surface area contributed by atoms with E-state index in [2.05, 4.69) is 12.2 Å². The van der Waals surface area contributed by atoms with Gasteiger partial charge in [-0.05, 0) is 62.4 Å². The van der Waals surface area contributed by atoms with Crippen LogP contribution in [0.1, 0.15) is 43.7 Å². The number of urea groups is 1. The fourth-order valence-electron chi connectivity index (χ4n) is 4.08. The number of carbonyl (C=O) groups is 2. The maximum absolute atomic E-state index is 12.6. The maximum Gasteiger partial charge on any atom is 0.336 e. The number of ether oxygens (including phenoxy) is 2. The summed E-state index contributed by atoms with van der Waals surface area (Å²) in [6, 6.07) is 12.1. The molecule has 2 aromatic carbocycles. The zero-order valence-corrected chi connectivity index (χ0v) is 21.2. The molecule has 3 rings (SSSR count). The van der Waals surface area contributed by atoms with Crippen LogP contribution in [0.15, 0.2) is 51.7 Å². The number of nitrogens with zero attached hydrogens (tertiary/aromatic N) is 1. The Labute approximate surface area is 211 Å². The second-order valence-electron chi connectivity index (χ2n) is 8.54. The minimum absolute atomic E-state index is 0.0433. The summed E-state index contributed by atoms with van der Waals surface area (Å²) in [6.07, 6.45) is 4.81. The van der Waals surface area contributed by atoms with E-state index in [1.165, 1.54) is 11.0 Å². The van der Waals surface area contributed by atoms with Gasteiger partial charge in [0.15, 0.2) is 0 Å². The first kappa shape index (κ1) is 26.8. The number of methoxy groups -OCH3 is 1. The number of fused-ring (bicyclic) bond motifs is 1. The Morgan fingerprint density at radius 3 is 2.72 bits per heavy atom. The standard InChI is InChI=1S/C28H34N2O6/c1-4-9-24-25(13-12-23-20(2)18-26(32)36-27(23)24)35-17-7-5-6-14-29-28(33)30(15-16-31)21-10-8-11-22(19-21)34-3/h8,10-13,16,18-19H,4-7,9,14-15,17H2,1-3H3,(H,29,33). The monoisotopic (exact) mass is 494 g/mol. The van der Waals surface area contributed by atoms with Gasteiger partial charge >= 0.3 is 11.7 Å². The smallest absolute Gasteiger partial charge is 0.336 e. The third-order valence-electron chi connectivity index (χ3n) is 5.90. The van der Waals surface area contributed by atoms with Crippen LogP contribution in [0, 0.1) is 6.92 Å². The van der Waals surface area contributed by atoms with Crippen molar-refractivity contribution in [2.45, 2.75) is 46.0 Å². The topological polar surface area (TPSA) is 98.1 Å². The molecule has 192 valence electrons. The van der Waals surface area contributed by atoms with Crippen LogP contribution in [0.25, 0.3) is 11.0 Å². The summed E-state index contributed by atoms with van der Waals surface area (Å²) >= 11 is 0. The van der Waals surface area contributed by atoms with Crippen LogP contribution < -0.4 is 25.3 Å². The molecular weight excluding hydrogens is 460 g/mol. The van der Waals surface area contributed by atoms with E-state index in [1.54, 1.807) is 31.4 Å². The highest BCUT2D eigenvalue weighted by Crippen LogP contribution is 2.30. The number of hydrogen-bond donors (Lipinski definition) is 1. The van der Waals surface area contributed by atoms with Gasteiger partial charge in [-0.3, -0.25) is 4.90 Å². The minimum atomic E-state index is -0.352. The van der Waals surface area contributed by atoms with Crippen LogP contribution in [-0.4, -0.2) is 39.1 Å². The van der Waals surface area contributed by atoms with Gasteiger partial charge in [0.1, 0.15) is 23.4 Å². The number of unbranched alkanes of at least 4 members (excludes halogenated alkanes) is 2. The van der Waals surface area contributed by atoms with Gasteiger partial charge in [-0.2, -0.15) is 0 Å². The predicted molar refractivity (Wildman–Crippen MR) is 140 cm³/mol. The summed E-state index contributed by atoms with van der Waals surface area (Å²) in [5.74, 6) is 1.36. The van der Waals surface area contributed by atoms with Gasteiger partial charge < -0.3 is 24.0 Å². The Kier molecular flexibility index (Phi) is 9.92. The number of amides is 2. The summed E-state index contributed by atoms with van der Waals surface area (Å²) in [6.45, 7) is 4.95. The highest BCUT2D eigenvalue weighted by atomic mass is 16.5. The van der Waals surface area contributed by atoms with Gasteiger partial charge in [0.05, 0.1) is 20.3 Å². The summed E-state index contributed by atoms with van der Waals surface area (Å²) < 4.78 is 16.8. The van der Waals surface area contributed by atoms with Crippen molar-refractivity contribution < 1.29 is 23.5 Å². The molecule has 0 spiro atoms. The Morgan fingerprint density at radius 2 is 1.97 bits per heavy atom. The zero-order valence-electron chi connectivity index (χ0n) is 21.2. The Hall–Kier alpha value is -3.81. The molecule has 8 heteroatoms. The molecule has 0 aliphatic heterocycles. The molecule has 0 unspecified atom stereocenters. The summed E-state index contributed by atoms with van der Waals surface area (Å²) in [5.41, 5.74) is 2.67. The molecule has 2 amide bonds. The van der Waals surface area contributed by atoms with Gasteiger partial charge in [-0.15, -0.1) is 0 Å². The number of carbonyl (C=O) groups excluding carboxylic acids is 2. The Bertz CT molecular complexity index is 1240. The fraction of sp³-hybridized carbons (Fsp3) is 0.393. The van der Waals surface area contributed by atoms with Gasteiger partial charge in [-0.1, -0.05) is 19.4 Å². The van der Waals surface area contributed by atoms with Crippen molar-refractivity contribution >= 4 is 29.0 Å². The lowest BCUT2D eigenvalue weighted by Crippen LogP contribution is -2.41. The second kappa shape index (κ2) is 13.3. The highest BCUT2D eigenvalue weighted by Gasteiger charge is 2.16. The quantitative estimate of drug-likeness (QED) is 0.203. The van der Waals surface area contributed by atoms with Crippen molar-refractivity contribution in [2.24, 2.45) is 0 Å². The number of rotatable bonds is 13. The number of hydrogen-bond acceptors (Lipinski definition) is 6. The lowest BCUT2D eigenvalue weighted by molar-refractivity contribution is -0.106. The largest absolute Gasteiger partial charge is 0.497 e. The van der Waals surface area contributed by atoms with Crippen LogP contribution >= 0.6 is 0 Å². The van der Waals surface area contributed by atoms with Crippen LogP contribution in [-0.2, 0) is 11.2 Å². The molecule has 0 aliphatic carbocycles.